The van der Waals surface area contributed by atoms with Gasteiger partial charge in [-0.3, -0.25) is 4.79 Å². The van der Waals surface area contributed by atoms with Crippen LogP contribution in [0.3, 0.4) is 0 Å². The van der Waals surface area contributed by atoms with Gasteiger partial charge in [0, 0.05) is 0 Å². The fourth-order valence-corrected chi connectivity index (χ4v) is 1.72. The zero-order valence-corrected chi connectivity index (χ0v) is 9.26. The van der Waals surface area contributed by atoms with Gasteiger partial charge in [0.05, 0.1) is 18.3 Å². The number of rotatable bonds is 5. The number of aromatic nitrogens is 3. The minimum absolute atomic E-state index is 0.0285. The summed E-state index contributed by atoms with van der Waals surface area (Å²) in [5.41, 5.74) is 6.25. The summed E-state index contributed by atoms with van der Waals surface area (Å²) in [5.74, 6) is 0.0632. The van der Waals surface area contributed by atoms with Crippen LogP contribution in [-0.2, 0) is 6.42 Å². The van der Waals surface area contributed by atoms with Crippen molar-refractivity contribution in [3.8, 4) is 0 Å². The monoisotopic (exact) mass is 224 g/mol. The van der Waals surface area contributed by atoms with Crippen LogP contribution in [0.2, 0.25) is 0 Å². The molecule has 1 saturated carbocycles. The van der Waals surface area contributed by atoms with Crippen LogP contribution in [0.4, 0.5) is 0 Å². The molecule has 1 fully saturated rings. The van der Waals surface area contributed by atoms with E-state index in [0.29, 0.717) is 5.92 Å². The lowest BCUT2D eigenvalue weighted by Gasteiger charge is -2.11. The summed E-state index contributed by atoms with van der Waals surface area (Å²) in [6.45, 7) is 1.80. The van der Waals surface area contributed by atoms with Crippen LogP contribution < -0.4 is 5.73 Å². The highest BCUT2D eigenvalue weighted by Crippen LogP contribution is 2.33. The summed E-state index contributed by atoms with van der Waals surface area (Å²) >= 11 is 0. The molecule has 1 atom stereocenters. The van der Waals surface area contributed by atoms with Gasteiger partial charge >= 0.3 is 0 Å². The molecule has 1 aromatic heterocycles. The second-order valence-corrected chi connectivity index (χ2v) is 4.37. The van der Waals surface area contributed by atoms with Crippen molar-refractivity contribution in [1.29, 1.82) is 0 Å². The molecule has 0 aliphatic heterocycles. The van der Waals surface area contributed by atoms with E-state index in [1.807, 2.05) is 6.92 Å². The van der Waals surface area contributed by atoms with Crippen LogP contribution in [0.15, 0.2) is 0 Å². The van der Waals surface area contributed by atoms with Crippen LogP contribution in [0.5, 0.6) is 0 Å². The van der Waals surface area contributed by atoms with Crippen molar-refractivity contribution in [3.05, 3.63) is 11.4 Å². The molecular weight excluding hydrogens is 208 g/mol. The maximum Gasteiger partial charge on any atom is 0.271 e. The van der Waals surface area contributed by atoms with E-state index < -0.39 is 5.91 Å². The predicted molar refractivity (Wildman–Crippen MR) is 56.8 cm³/mol. The molecule has 6 nitrogen and oxygen atoms in total. The normalized spacial score (nSPS) is 17.4. The summed E-state index contributed by atoms with van der Waals surface area (Å²) < 4.78 is 1.61. The molecule has 1 unspecified atom stereocenters. The molecule has 1 aromatic rings. The summed E-state index contributed by atoms with van der Waals surface area (Å²) in [6, 6.07) is -0.172. The Hall–Kier alpha value is -1.43. The van der Waals surface area contributed by atoms with E-state index in [9.17, 15) is 4.79 Å². The van der Waals surface area contributed by atoms with E-state index >= 15 is 0 Å². The number of aliphatic hydroxyl groups excluding tert-OH is 1. The number of nitrogens with zero attached hydrogens (tertiary/aromatic N) is 3. The first-order chi connectivity index (χ1) is 7.63. The Morgan fingerprint density at radius 2 is 2.38 bits per heavy atom. The number of amides is 1. The Kier molecular flexibility index (Phi) is 2.91. The molecule has 1 heterocycles. The average Bonchev–Trinajstić information content (AvgIpc) is 2.95. The van der Waals surface area contributed by atoms with Crippen LogP contribution in [-0.4, -0.2) is 32.6 Å². The molecule has 0 bridgehead atoms. The van der Waals surface area contributed by atoms with E-state index in [-0.39, 0.29) is 18.3 Å². The van der Waals surface area contributed by atoms with Crippen molar-refractivity contribution < 1.29 is 9.90 Å². The number of primary amides is 1. The van der Waals surface area contributed by atoms with E-state index in [1.54, 1.807) is 4.68 Å². The van der Waals surface area contributed by atoms with Gasteiger partial charge in [-0.25, -0.2) is 4.68 Å². The molecular formula is C10H16N4O2. The van der Waals surface area contributed by atoms with Gasteiger partial charge in [-0.15, -0.1) is 5.10 Å². The number of nitrogens with two attached hydrogens (primary N) is 1. The Labute approximate surface area is 93.4 Å². The van der Waals surface area contributed by atoms with Crippen LogP contribution >= 0.6 is 0 Å². The zero-order valence-electron chi connectivity index (χ0n) is 9.26. The molecule has 2 rings (SSSR count). The van der Waals surface area contributed by atoms with E-state index in [2.05, 4.69) is 10.3 Å². The molecule has 6 heteroatoms. The molecule has 88 valence electrons. The highest BCUT2D eigenvalue weighted by atomic mass is 16.3. The van der Waals surface area contributed by atoms with Gasteiger partial charge < -0.3 is 10.8 Å². The third-order valence-electron chi connectivity index (χ3n) is 2.89. The number of aliphatic hydroxyl groups is 1. The quantitative estimate of drug-likeness (QED) is 0.729. The smallest absolute Gasteiger partial charge is 0.271 e. The van der Waals surface area contributed by atoms with Crippen molar-refractivity contribution in [3.63, 3.8) is 0 Å². The topological polar surface area (TPSA) is 94.0 Å². The largest absolute Gasteiger partial charge is 0.394 e. The predicted octanol–water partition coefficient (Wildman–Crippen LogP) is -0.117. The first-order valence-electron chi connectivity index (χ1n) is 5.48. The third-order valence-corrected chi connectivity index (χ3v) is 2.89. The molecule has 0 radical (unpaired) electrons. The Morgan fingerprint density at radius 1 is 1.69 bits per heavy atom. The Bertz CT molecular complexity index is 398. The van der Waals surface area contributed by atoms with E-state index in [4.69, 9.17) is 10.8 Å². The van der Waals surface area contributed by atoms with Gasteiger partial charge in [-0.2, -0.15) is 0 Å². The standard InChI is InChI=1S/C10H16N4O2/c1-6(5-15)14-8(4-7-2-3-7)9(10(11)16)12-13-14/h6-7,15H,2-5H2,1H3,(H2,11,16). The molecule has 1 aliphatic rings. The van der Waals surface area contributed by atoms with Crippen molar-refractivity contribution in [2.75, 3.05) is 6.61 Å². The summed E-state index contributed by atoms with van der Waals surface area (Å²) in [7, 11) is 0. The summed E-state index contributed by atoms with van der Waals surface area (Å²) in [4.78, 5) is 11.2. The molecule has 16 heavy (non-hydrogen) atoms. The Morgan fingerprint density at radius 3 is 2.88 bits per heavy atom. The van der Waals surface area contributed by atoms with Gasteiger partial charge in [-0.1, -0.05) is 5.21 Å². The first kappa shape index (κ1) is 11.1. The SMILES string of the molecule is CC(CO)n1nnc(C(N)=O)c1CC1CC1. The molecule has 3 N–H and O–H groups in total. The maximum absolute atomic E-state index is 11.2. The second-order valence-electron chi connectivity index (χ2n) is 4.37. The molecule has 0 aromatic carbocycles. The fourth-order valence-electron chi connectivity index (χ4n) is 1.72. The average molecular weight is 224 g/mol. The molecule has 1 amide bonds. The highest BCUT2D eigenvalue weighted by molar-refractivity contribution is 5.91. The van der Waals surface area contributed by atoms with Gasteiger partial charge in [0.25, 0.3) is 5.91 Å². The lowest BCUT2D eigenvalue weighted by atomic mass is 10.1. The van der Waals surface area contributed by atoms with Gasteiger partial charge in [0.15, 0.2) is 5.69 Å². The summed E-state index contributed by atoms with van der Waals surface area (Å²) in [5, 5.41) is 16.8. The number of hydrogen-bond acceptors (Lipinski definition) is 4. The van der Waals surface area contributed by atoms with E-state index in [1.165, 1.54) is 12.8 Å². The minimum Gasteiger partial charge on any atom is -0.394 e. The molecule has 0 spiro atoms. The Balaban J connectivity index is 2.31. The first-order valence-corrected chi connectivity index (χ1v) is 5.48. The highest BCUT2D eigenvalue weighted by Gasteiger charge is 2.28. The van der Waals surface area contributed by atoms with Crippen LogP contribution in [0, 0.1) is 5.92 Å². The van der Waals surface area contributed by atoms with Crippen molar-refractivity contribution in [2.45, 2.75) is 32.2 Å². The van der Waals surface area contributed by atoms with Crippen molar-refractivity contribution in [1.82, 2.24) is 15.0 Å². The van der Waals surface area contributed by atoms with Crippen molar-refractivity contribution in [2.24, 2.45) is 11.7 Å². The zero-order chi connectivity index (χ0) is 11.7. The minimum atomic E-state index is -0.549. The lowest BCUT2D eigenvalue weighted by molar-refractivity contribution is 0.0994. The van der Waals surface area contributed by atoms with Gasteiger partial charge in [0.2, 0.25) is 0 Å². The number of carbonyl (C=O) groups excluding carboxylic acids is 1. The number of hydrogen-bond donors (Lipinski definition) is 2. The van der Waals surface area contributed by atoms with Gasteiger partial charge in [0.1, 0.15) is 0 Å². The molecule has 1 aliphatic carbocycles. The van der Waals surface area contributed by atoms with Crippen molar-refractivity contribution >= 4 is 5.91 Å². The number of carbonyl (C=O) groups is 1. The van der Waals surface area contributed by atoms with E-state index in [0.717, 1.165) is 12.1 Å². The fraction of sp³-hybridized carbons (Fsp3) is 0.700. The van der Waals surface area contributed by atoms with Crippen LogP contribution in [0.25, 0.3) is 0 Å². The maximum atomic E-state index is 11.2. The van der Waals surface area contributed by atoms with Gasteiger partial charge in [-0.05, 0) is 32.1 Å². The van der Waals surface area contributed by atoms with Crippen LogP contribution in [0.1, 0.15) is 42.0 Å². The third kappa shape index (κ3) is 2.06. The second kappa shape index (κ2) is 4.21. The lowest BCUT2D eigenvalue weighted by Crippen LogP contribution is -2.18. The molecule has 0 saturated heterocycles. The summed E-state index contributed by atoms with van der Waals surface area (Å²) in [6.07, 6.45) is 3.13.